The molecule has 0 fully saturated rings. The van der Waals surface area contributed by atoms with Crippen molar-refractivity contribution in [3.63, 3.8) is 0 Å². The van der Waals surface area contributed by atoms with E-state index in [1.54, 1.807) is 0 Å². The normalized spacial score (nSPS) is 12.8. The molecule has 0 unspecified atom stereocenters. The van der Waals surface area contributed by atoms with Crippen LogP contribution in [0.25, 0.3) is 42.2 Å². The highest BCUT2D eigenvalue weighted by molar-refractivity contribution is 7.26. The first-order chi connectivity index (χ1) is 11.9. The van der Waals surface area contributed by atoms with Crippen LogP contribution in [0.1, 0.15) is 11.1 Å². The maximum atomic E-state index is 4.77. The Morgan fingerprint density at radius 3 is 2.67 bits per heavy atom. The fourth-order valence-corrected chi connectivity index (χ4v) is 5.42. The Morgan fingerprint density at radius 1 is 0.833 bits per heavy atom. The van der Waals surface area contributed by atoms with Gasteiger partial charge in [0, 0.05) is 27.1 Å². The van der Waals surface area contributed by atoms with E-state index in [2.05, 4.69) is 60.7 Å². The standard InChI is InChI=1S/C22H13NS/c1-2-7-14-13(6-1)12-17-19(14)16-9-5-11-23-21(16)22-20(17)15-8-3-4-10-18(15)24-22/h1-11H,12H2. The van der Waals surface area contributed by atoms with Crippen LogP contribution in [0, 0.1) is 0 Å². The van der Waals surface area contributed by atoms with Crippen LogP contribution in [-0.2, 0) is 6.42 Å². The van der Waals surface area contributed by atoms with E-state index < -0.39 is 0 Å². The number of nitrogens with zero attached hydrogens (tertiary/aromatic N) is 1. The summed E-state index contributed by atoms with van der Waals surface area (Å²) in [6.45, 7) is 0. The molecule has 0 N–H and O–H groups in total. The minimum Gasteiger partial charge on any atom is -0.255 e. The number of hydrogen-bond donors (Lipinski definition) is 0. The molecule has 5 aromatic rings. The molecule has 0 amide bonds. The monoisotopic (exact) mass is 323 g/mol. The molecule has 0 radical (unpaired) electrons. The highest BCUT2D eigenvalue weighted by Gasteiger charge is 2.26. The topological polar surface area (TPSA) is 12.9 Å². The average molecular weight is 323 g/mol. The first-order valence-corrected chi connectivity index (χ1v) is 9.02. The van der Waals surface area contributed by atoms with E-state index in [-0.39, 0.29) is 0 Å². The summed E-state index contributed by atoms with van der Waals surface area (Å²) in [7, 11) is 0. The number of fused-ring (bicyclic) bond motifs is 10. The molecule has 0 saturated carbocycles. The Hall–Kier alpha value is -2.71. The minimum atomic E-state index is 1.02. The SMILES string of the molecule is c1ccc2c(c1)Cc1c-2c2cccnc2c2sc3ccccc3c12. The first-order valence-electron chi connectivity index (χ1n) is 8.21. The largest absolute Gasteiger partial charge is 0.255 e. The zero-order chi connectivity index (χ0) is 15.7. The number of hydrogen-bond acceptors (Lipinski definition) is 2. The van der Waals surface area contributed by atoms with E-state index in [0.717, 1.165) is 11.9 Å². The summed E-state index contributed by atoms with van der Waals surface area (Å²) in [6, 6.07) is 21.9. The van der Waals surface area contributed by atoms with Gasteiger partial charge in [-0.15, -0.1) is 11.3 Å². The summed E-state index contributed by atoms with van der Waals surface area (Å²) >= 11 is 1.87. The first kappa shape index (κ1) is 12.7. The van der Waals surface area contributed by atoms with E-state index in [9.17, 15) is 0 Å². The molecule has 2 aromatic heterocycles. The van der Waals surface area contributed by atoms with Crippen molar-refractivity contribution in [2.45, 2.75) is 6.42 Å². The summed E-state index contributed by atoms with van der Waals surface area (Å²) < 4.78 is 2.68. The van der Waals surface area contributed by atoms with Gasteiger partial charge < -0.3 is 0 Å². The molecule has 1 aliphatic rings. The Labute approximate surface area is 143 Å². The van der Waals surface area contributed by atoms with Gasteiger partial charge >= 0.3 is 0 Å². The molecule has 0 spiro atoms. The Morgan fingerprint density at radius 2 is 1.67 bits per heavy atom. The summed E-state index contributed by atoms with van der Waals surface area (Å²) in [6.07, 6.45) is 2.94. The van der Waals surface area contributed by atoms with Crippen LogP contribution in [0.4, 0.5) is 0 Å². The van der Waals surface area contributed by atoms with Crippen molar-refractivity contribution in [1.29, 1.82) is 0 Å². The van der Waals surface area contributed by atoms with Crippen molar-refractivity contribution in [2.75, 3.05) is 0 Å². The van der Waals surface area contributed by atoms with Crippen molar-refractivity contribution < 1.29 is 0 Å². The number of aromatic nitrogens is 1. The quantitative estimate of drug-likeness (QED) is 0.325. The lowest BCUT2D eigenvalue weighted by Gasteiger charge is -2.09. The smallest absolute Gasteiger partial charge is 0.0886 e. The van der Waals surface area contributed by atoms with Crippen LogP contribution >= 0.6 is 11.3 Å². The molecule has 0 saturated heterocycles. The molecule has 0 bridgehead atoms. The lowest BCUT2D eigenvalue weighted by Crippen LogP contribution is -1.87. The summed E-state index contributed by atoms with van der Waals surface area (Å²) in [5, 5.41) is 4.07. The van der Waals surface area contributed by atoms with Gasteiger partial charge in [0.1, 0.15) is 0 Å². The lowest BCUT2D eigenvalue weighted by atomic mass is 9.96. The third-order valence-electron chi connectivity index (χ3n) is 5.15. The molecule has 0 atom stereocenters. The lowest BCUT2D eigenvalue weighted by molar-refractivity contribution is 1.29. The van der Waals surface area contributed by atoms with E-state index in [0.29, 0.717) is 0 Å². The van der Waals surface area contributed by atoms with Gasteiger partial charge in [-0.2, -0.15) is 0 Å². The highest BCUT2D eigenvalue weighted by atomic mass is 32.1. The van der Waals surface area contributed by atoms with Crippen molar-refractivity contribution in [1.82, 2.24) is 4.98 Å². The second-order valence-corrected chi connectivity index (χ2v) is 7.44. The number of benzene rings is 3. The number of thiophene rings is 1. The molecular weight excluding hydrogens is 310 g/mol. The predicted octanol–water partition coefficient (Wildman–Crippen LogP) is 6.17. The Kier molecular flexibility index (Phi) is 2.34. The van der Waals surface area contributed by atoms with Crippen molar-refractivity contribution in [2.24, 2.45) is 0 Å². The molecule has 1 nitrogen and oxygen atoms in total. The molecule has 3 aromatic carbocycles. The second kappa shape index (κ2) is 4.43. The highest BCUT2D eigenvalue weighted by Crippen LogP contribution is 2.49. The predicted molar refractivity (Wildman–Crippen MR) is 103 cm³/mol. The van der Waals surface area contributed by atoms with Gasteiger partial charge in [0.15, 0.2) is 0 Å². The van der Waals surface area contributed by atoms with Gasteiger partial charge in [0.2, 0.25) is 0 Å². The summed E-state index contributed by atoms with van der Waals surface area (Å²) in [5.41, 5.74) is 6.82. The molecule has 24 heavy (non-hydrogen) atoms. The third-order valence-corrected chi connectivity index (χ3v) is 6.32. The van der Waals surface area contributed by atoms with E-state index >= 15 is 0 Å². The fourth-order valence-electron chi connectivity index (χ4n) is 4.18. The third kappa shape index (κ3) is 1.47. The van der Waals surface area contributed by atoms with Crippen LogP contribution in [-0.4, -0.2) is 4.98 Å². The minimum absolute atomic E-state index is 1.02. The zero-order valence-corrected chi connectivity index (χ0v) is 13.7. The summed E-state index contributed by atoms with van der Waals surface area (Å²) in [4.78, 5) is 4.77. The molecule has 0 aliphatic heterocycles. The van der Waals surface area contributed by atoms with E-state index in [1.807, 2.05) is 17.5 Å². The van der Waals surface area contributed by atoms with E-state index in [1.165, 1.54) is 47.8 Å². The van der Waals surface area contributed by atoms with Gasteiger partial charge in [-0.3, -0.25) is 4.98 Å². The van der Waals surface area contributed by atoms with Gasteiger partial charge in [0.05, 0.1) is 10.2 Å². The Balaban J connectivity index is 1.95. The van der Waals surface area contributed by atoms with Gasteiger partial charge in [-0.05, 0) is 40.8 Å². The molecule has 2 heteroatoms. The molecular formula is C22H13NS. The maximum Gasteiger partial charge on any atom is 0.0886 e. The van der Waals surface area contributed by atoms with Crippen LogP contribution in [0.2, 0.25) is 0 Å². The van der Waals surface area contributed by atoms with Crippen molar-refractivity contribution in [3.8, 4) is 11.1 Å². The molecule has 6 rings (SSSR count). The van der Waals surface area contributed by atoms with Crippen LogP contribution in [0.3, 0.4) is 0 Å². The van der Waals surface area contributed by atoms with Gasteiger partial charge in [-0.25, -0.2) is 0 Å². The maximum absolute atomic E-state index is 4.77. The number of rotatable bonds is 0. The van der Waals surface area contributed by atoms with Crippen LogP contribution < -0.4 is 0 Å². The average Bonchev–Trinajstić information content (AvgIpc) is 3.20. The second-order valence-electron chi connectivity index (χ2n) is 6.39. The molecule has 1 aliphatic carbocycles. The van der Waals surface area contributed by atoms with Crippen LogP contribution in [0.5, 0.6) is 0 Å². The van der Waals surface area contributed by atoms with E-state index in [4.69, 9.17) is 4.98 Å². The molecule has 112 valence electrons. The van der Waals surface area contributed by atoms with Crippen LogP contribution in [0.15, 0.2) is 66.9 Å². The van der Waals surface area contributed by atoms with Crippen molar-refractivity contribution in [3.05, 3.63) is 78.0 Å². The van der Waals surface area contributed by atoms with Gasteiger partial charge in [-0.1, -0.05) is 48.5 Å². The van der Waals surface area contributed by atoms with Crippen molar-refractivity contribution >= 4 is 42.4 Å². The van der Waals surface area contributed by atoms with Gasteiger partial charge in [0.25, 0.3) is 0 Å². The molecule has 2 heterocycles. The fraction of sp³-hybridized carbons (Fsp3) is 0.0455. The number of pyridine rings is 1. The zero-order valence-electron chi connectivity index (χ0n) is 12.9. The Bertz CT molecular complexity index is 1280. The summed E-state index contributed by atoms with van der Waals surface area (Å²) in [5.74, 6) is 0.